The van der Waals surface area contributed by atoms with Gasteiger partial charge in [0.15, 0.2) is 5.96 Å². The summed E-state index contributed by atoms with van der Waals surface area (Å²) in [4.78, 5) is 20.3. The zero-order chi connectivity index (χ0) is 19.5. The molecule has 0 aliphatic heterocycles. The van der Waals surface area contributed by atoms with Crippen LogP contribution >= 0.6 is 0 Å². The molecule has 0 aliphatic rings. The summed E-state index contributed by atoms with van der Waals surface area (Å²) < 4.78 is 0. The Kier molecular flexibility index (Phi) is 9.73. The fourth-order valence-corrected chi connectivity index (χ4v) is 2.88. The minimum atomic E-state index is 0.0303. The molecule has 0 saturated heterocycles. The van der Waals surface area contributed by atoms with Crippen molar-refractivity contribution >= 4 is 11.9 Å². The number of aliphatic imine (C=N–C) groups is 1. The van der Waals surface area contributed by atoms with Gasteiger partial charge >= 0.3 is 0 Å². The van der Waals surface area contributed by atoms with Gasteiger partial charge in [-0.2, -0.15) is 0 Å². The Morgan fingerprint density at radius 3 is 2.46 bits per heavy atom. The van der Waals surface area contributed by atoms with Gasteiger partial charge in [0.05, 0.1) is 0 Å². The molecule has 0 aliphatic carbocycles. The highest BCUT2D eigenvalue weighted by molar-refractivity contribution is 5.94. The van der Waals surface area contributed by atoms with Gasteiger partial charge in [-0.1, -0.05) is 26.0 Å². The van der Waals surface area contributed by atoms with Crippen molar-refractivity contribution in [3.05, 3.63) is 35.4 Å². The molecule has 0 aromatic heterocycles. The molecule has 2 N–H and O–H groups in total. The van der Waals surface area contributed by atoms with Gasteiger partial charge in [0.1, 0.15) is 0 Å². The maximum atomic E-state index is 12.1. The van der Waals surface area contributed by atoms with Crippen LogP contribution in [0.5, 0.6) is 0 Å². The van der Waals surface area contributed by atoms with Gasteiger partial charge in [0, 0.05) is 45.8 Å². The van der Waals surface area contributed by atoms with Gasteiger partial charge in [-0.05, 0) is 44.1 Å². The monoisotopic (exact) mass is 361 g/mol. The molecule has 146 valence electrons. The quantitative estimate of drug-likeness (QED) is 0.520. The molecule has 26 heavy (non-hydrogen) atoms. The average molecular weight is 362 g/mol. The molecule has 6 heteroatoms. The van der Waals surface area contributed by atoms with Crippen LogP contribution in [0.4, 0.5) is 0 Å². The fraction of sp³-hybridized carbons (Fsp3) is 0.600. The smallest absolute Gasteiger partial charge is 0.253 e. The molecule has 0 spiro atoms. The van der Waals surface area contributed by atoms with E-state index in [1.54, 1.807) is 26.0 Å². The van der Waals surface area contributed by atoms with E-state index in [1.165, 1.54) is 0 Å². The summed E-state index contributed by atoms with van der Waals surface area (Å²) in [5.41, 5.74) is 1.86. The van der Waals surface area contributed by atoms with Crippen LogP contribution in [0.15, 0.2) is 29.3 Å². The van der Waals surface area contributed by atoms with E-state index in [0.717, 1.165) is 49.7 Å². The number of carbonyl (C=O) groups excluding carboxylic acids is 1. The van der Waals surface area contributed by atoms with Crippen LogP contribution in [-0.2, 0) is 6.42 Å². The van der Waals surface area contributed by atoms with E-state index >= 15 is 0 Å². The lowest BCUT2D eigenvalue weighted by molar-refractivity contribution is 0.0827. The molecule has 1 amide bonds. The molecule has 0 bridgehead atoms. The highest BCUT2D eigenvalue weighted by atomic mass is 16.2. The van der Waals surface area contributed by atoms with Gasteiger partial charge in [-0.3, -0.25) is 14.7 Å². The van der Waals surface area contributed by atoms with Crippen molar-refractivity contribution in [2.45, 2.75) is 33.2 Å². The van der Waals surface area contributed by atoms with Gasteiger partial charge < -0.3 is 15.5 Å². The highest BCUT2D eigenvalue weighted by Crippen LogP contribution is 2.07. The zero-order valence-electron chi connectivity index (χ0n) is 17.2. The number of nitrogens with one attached hydrogen (secondary N) is 2. The van der Waals surface area contributed by atoms with Crippen molar-refractivity contribution in [2.75, 3.05) is 47.3 Å². The largest absolute Gasteiger partial charge is 0.356 e. The minimum Gasteiger partial charge on any atom is -0.356 e. The standard InChI is InChI=1S/C20H35N5O/c1-7-25(8-2)16(3)15-23-20(21-4)22-13-12-17-10-9-11-18(14-17)19(26)24(5)6/h9-11,14,16H,7-8,12-13,15H2,1-6H3,(H2,21,22,23). The van der Waals surface area contributed by atoms with Crippen molar-refractivity contribution in [2.24, 2.45) is 4.99 Å². The van der Waals surface area contributed by atoms with E-state index in [1.807, 2.05) is 24.3 Å². The third kappa shape index (κ3) is 7.04. The Bertz CT molecular complexity index is 581. The Morgan fingerprint density at radius 2 is 1.88 bits per heavy atom. The molecule has 0 saturated carbocycles. The van der Waals surface area contributed by atoms with E-state index in [9.17, 15) is 4.79 Å². The first-order valence-electron chi connectivity index (χ1n) is 9.42. The van der Waals surface area contributed by atoms with E-state index < -0.39 is 0 Å². The highest BCUT2D eigenvalue weighted by Gasteiger charge is 2.11. The summed E-state index contributed by atoms with van der Waals surface area (Å²) in [5, 5.41) is 6.73. The number of guanidine groups is 1. The van der Waals surface area contributed by atoms with E-state index in [4.69, 9.17) is 0 Å². The van der Waals surface area contributed by atoms with E-state index in [2.05, 4.69) is 41.3 Å². The first-order chi connectivity index (χ1) is 12.4. The number of likely N-dealkylation sites (N-methyl/N-ethyl adjacent to an activating group) is 1. The van der Waals surface area contributed by atoms with Crippen LogP contribution in [0.25, 0.3) is 0 Å². The first-order valence-corrected chi connectivity index (χ1v) is 9.42. The Labute approximate surface area is 158 Å². The lowest BCUT2D eigenvalue weighted by Gasteiger charge is -2.27. The first kappa shape index (κ1) is 22.0. The Hall–Kier alpha value is -2.08. The molecule has 1 aromatic rings. The maximum absolute atomic E-state index is 12.1. The third-order valence-electron chi connectivity index (χ3n) is 4.51. The number of nitrogens with zero attached hydrogens (tertiary/aromatic N) is 3. The maximum Gasteiger partial charge on any atom is 0.253 e. The SMILES string of the molecule is CCN(CC)C(C)CNC(=NC)NCCc1cccc(C(=O)N(C)C)c1. The summed E-state index contributed by atoms with van der Waals surface area (Å²) in [6.07, 6.45) is 0.834. The molecule has 0 heterocycles. The summed E-state index contributed by atoms with van der Waals surface area (Å²) in [6, 6.07) is 8.26. The van der Waals surface area contributed by atoms with Crippen LogP contribution in [0.2, 0.25) is 0 Å². The number of carbonyl (C=O) groups is 1. The van der Waals surface area contributed by atoms with E-state index in [-0.39, 0.29) is 5.91 Å². The van der Waals surface area contributed by atoms with Crippen molar-refractivity contribution in [3.63, 3.8) is 0 Å². The lowest BCUT2D eigenvalue weighted by atomic mass is 10.1. The van der Waals surface area contributed by atoms with Crippen LogP contribution < -0.4 is 10.6 Å². The normalized spacial score (nSPS) is 12.8. The van der Waals surface area contributed by atoms with Crippen LogP contribution in [-0.4, -0.2) is 75.0 Å². The molecular weight excluding hydrogens is 326 g/mol. The van der Waals surface area contributed by atoms with Gasteiger partial charge in [0.25, 0.3) is 5.91 Å². The molecule has 1 unspecified atom stereocenters. The average Bonchev–Trinajstić information content (AvgIpc) is 2.64. The number of hydrogen-bond acceptors (Lipinski definition) is 3. The molecular formula is C20H35N5O. The van der Waals surface area contributed by atoms with Gasteiger partial charge in [-0.25, -0.2) is 0 Å². The predicted molar refractivity (Wildman–Crippen MR) is 110 cm³/mol. The van der Waals surface area contributed by atoms with Crippen molar-refractivity contribution in [3.8, 4) is 0 Å². The molecule has 1 aromatic carbocycles. The van der Waals surface area contributed by atoms with Crippen molar-refractivity contribution in [1.82, 2.24) is 20.4 Å². The Morgan fingerprint density at radius 1 is 1.19 bits per heavy atom. The van der Waals surface area contributed by atoms with Crippen molar-refractivity contribution in [1.29, 1.82) is 0 Å². The molecule has 0 fully saturated rings. The fourth-order valence-electron chi connectivity index (χ4n) is 2.88. The number of rotatable bonds is 9. The summed E-state index contributed by atoms with van der Waals surface area (Å²) in [7, 11) is 5.32. The van der Waals surface area contributed by atoms with Gasteiger partial charge in [-0.15, -0.1) is 0 Å². The molecule has 1 rings (SSSR count). The molecule has 6 nitrogen and oxygen atoms in total. The molecule has 1 atom stereocenters. The summed E-state index contributed by atoms with van der Waals surface area (Å²) >= 11 is 0. The zero-order valence-corrected chi connectivity index (χ0v) is 17.2. The second-order valence-electron chi connectivity index (χ2n) is 6.60. The summed E-state index contributed by atoms with van der Waals surface area (Å²) in [6.45, 7) is 10.3. The predicted octanol–water partition coefficient (Wildman–Crippen LogP) is 1.83. The van der Waals surface area contributed by atoms with Gasteiger partial charge in [0.2, 0.25) is 0 Å². The summed E-state index contributed by atoms with van der Waals surface area (Å²) in [5.74, 6) is 0.840. The number of amides is 1. The van der Waals surface area contributed by atoms with Crippen LogP contribution in [0, 0.1) is 0 Å². The lowest BCUT2D eigenvalue weighted by Crippen LogP contribution is -2.46. The molecule has 0 radical (unpaired) electrons. The van der Waals surface area contributed by atoms with Crippen LogP contribution in [0.1, 0.15) is 36.7 Å². The topological polar surface area (TPSA) is 60.0 Å². The third-order valence-corrected chi connectivity index (χ3v) is 4.51. The minimum absolute atomic E-state index is 0.0303. The van der Waals surface area contributed by atoms with Crippen molar-refractivity contribution < 1.29 is 4.79 Å². The second-order valence-corrected chi connectivity index (χ2v) is 6.60. The number of benzene rings is 1. The Balaban J connectivity index is 2.48. The number of hydrogen-bond donors (Lipinski definition) is 2. The van der Waals surface area contributed by atoms with E-state index in [0.29, 0.717) is 6.04 Å². The second kappa shape index (κ2) is 11.5. The van der Waals surface area contributed by atoms with Crippen LogP contribution in [0.3, 0.4) is 0 Å².